The quantitative estimate of drug-likeness (QED) is 0.822. The lowest BCUT2D eigenvalue weighted by Crippen LogP contribution is -2.33. The first kappa shape index (κ1) is 13.0. The van der Waals surface area contributed by atoms with Crippen molar-refractivity contribution in [1.29, 1.82) is 0 Å². The van der Waals surface area contributed by atoms with Crippen molar-refractivity contribution in [1.82, 2.24) is 0 Å². The molecular formula is C17H25NO. The Kier molecular flexibility index (Phi) is 3.53. The first-order valence-corrected chi connectivity index (χ1v) is 7.72. The second-order valence-electron chi connectivity index (χ2n) is 6.25. The van der Waals surface area contributed by atoms with E-state index >= 15 is 0 Å². The fourth-order valence-corrected chi connectivity index (χ4v) is 3.77. The van der Waals surface area contributed by atoms with Crippen LogP contribution in [0.3, 0.4) is 0 Å². The number of hydrogen-bond acceptors (Lipinski definition) is 2. The van der Waals surface area contributed by atoms with Crippen LogP contribution in [0.1, 0.15) is 61.6 Å². The van der Waals surface area contributed by atoms with Gasteiger partial charge in [0.2, 0.25) is 0 Å². The first-order valence-electron chi connectivity index (χ1n) is 7.72. The topological polar surface area (TPSA) is 35.2 Å². The van der Waals surface area contributed by atoms with Gasteiger partial charge in [0.1, 0.15) is 5.75 Å². The van der Waals surface area contributed by atoms with Crippen LogP contribution in [-0.4, -0.2) is 7.11 Å². The number of nitrogens with two attached hydrogens (primary N) is 1. The molecular weight excluding hydrogens is 234 g/mol. The van der Waals surface area contributed by atoms with E-state index < -0.39 is 0 Å². The Morgan fingerprint density at radius 1 is 0.947 bits per heavy atom. The van der Waals surface area contributed by atoms with E-state index in [1.807, 2.05) is 0 Å². The molecule has 0 spiro atoms. The van der Waals surface area contributed by atoms with Crippen LogP contribution < -0.4 is 10.5 Å². The number of methoxy groups -OCH3 is 1. The van der Waals surface area contributed by atoms with Crippen LogP contribution >= 0.6 is 0 Å². The molecule has 0 radical (unpaired) electrons. The molecule has 19 heavy (non-hydrogen) atoms. The Morgan fingerprint density at radius 3 is 2.21 bits per heavy atom. The Bertz CT molecular complexity index is 461. The average molecular weight is 259 g/mol. The van der Waals surface area contributed by atoms with Crippen LogP contribution in [0.2, 0.25) is 0 Å². The highest BCUT2D eigenvalue weighted by Crippen LogP contribution is 2.42. The van der Waals surface area contributed by atoms with E-state index in [1.165, 1.54) is 61.6 Å². The lowest BCUT2D eigenvalue weighted by Gasteiger charge is -2.27. The highest BCUT2D eigenvalue weighted by atomic mass is 16.5. The molecule has 2 N–H and O–H groups in total. The minimum Gasteiger partial charge on any atom is -0.496 e. The monoisotopic (exact) mass is 259 g/mol. The maximum absolute atomic E-state index is 6.65. The Morgan fingerprint density at radius 2 is 1.58 bits per heavy atom. The van der Waals surface area contributed by atoms with Gasteiger partial charge >= 0.3 is 0 Å². The van der Waals surface area contributed by atoms with Crippen LogP contribution in [0.15, 0.2) is 12.1 Å². The van der Waals surface area contributed by atoms with Gasteiger partial charge in [0.05, 0.1) is 7.11 Å². The van der Waals surface area contributed by atoms with Gasteiger partial charge in [-0.3, -0.25) is 0 Å². The van der Waals surface area contributed by atoms with Crippen LogP contribution in [0.25, 0.3) is 0 Å². The van der Waals surface area contributed by atoms with E-state index in [0.717, 1.165) is 18.6 Å². The molecule has 0 saturated heterocycles. The minimum absolute atomic E-state index is 0.146. The van der Waals surface area contributed by atoms with Gasteiger partial charge in [0, 0.05) is 11.1 Å². The zero-order chi connectivity index (χ0) is 13.3. The van der Waals surface area contributed by atoms with Gasteiger partial charge in [-0.25, -0.2) is 0 Å². The molecule has 2 nitrogen and oxygen atoms in total. The molecule has 1 fully saturated rings. The predicted molar refractivity (Wildman–Crippen MR) is 78.6 cm³/mol. The molecule has 1 aromatic carbocycles. The van der Waals surface area contributed by atoms with E-state index in [-0.39, 0.29) is 5.54 Å². The van der Waals surface area contributed by atoms with E-state index in [9.17, 15) is 0 Å². The third-order valence-electron chi connectivity index (χ3n) is 4.95. The molecule has 0 unspecified atom stereocenters. The van der Waals surface area contributed by atoms with Gasteiger partial charge in [0.25, 0.3) is 0 Å². The van der Waals surface area contributed by atoms with Crippen molar-refractivity contribution in [2.45, 2.75) is 63.3 Å². The molecule has 2 heteroatoms. The van der Waals surface area contributed by atoms with Gasteiger partial charge in [0.15, 0.2) is 0 Å². The molecule has 2 aliphatic rings. The lowest BCUT2D eigenvalue weighted by molar-refractivity contribution is 0.378. The summed E-state index contributed by atoms with van der Waals surface area (Å²) in [6.07, 6.45) is 11.1. The van der Waals surface area contributed by atoms with Crippen molar-refractivity contribution in [3.63, 3.8) is 0 Å². The van der Waals surface area contributed by atoms with E-state index in [1.54, 1.807) is 7.11 Å². The third-order valence-corrected chi connectivity index (χ3v) is 4.95. The van der Waals surface area contributed by atoms with E-state index in [0.29, 0.717) is 0 Å². The van der Waals surface area contributed by atoms with Crippen molar-refractivity contribution in [2.24, 2.45) is 5.73 Å². The zero-order valence-corrected chi connectivity index (χ0v) is 12.0. The third kappa shape index (κ3) is 2.38. The number of benzene rings is 1. The number of rotatable bonds is 2. The summed E-state index contributed by atoms with van der Waals surface area (Å²) >= 11 is 0. The van der Waals surface area contributed by atoms with Gasteiger partial charge in [-0.1, -0.05) is 19.3 Å². The van der Waals surface area contributed by atoms with E-state index in [2.05, 4.69) is 12.1 Å². The normalized spacial score (nSPS) is 21.8. The summed E-state index contributed by atoms with van der Waals surface area (Å²) in [5.74, 6) is 1.02. The molecule has 0 aromatic heterocycles. The summed E-state index contributed by atoms with van der Waals surface area (Å²) < 4.78 is 5.65. The molecule has 3 rings (SSSR count). The maximum Gasteiger partial charge on any atom is 0.124 e. The molecule has 2 aliphatic carbocycles. The molecule has 0 amide bonds. The largest absolute Gasteiger partial charge is 0.496 e. The number of ether oxygens (including phenoxy) is 1. The summed E-state index contributed by atoms with van der Waals surface area (Å²) in [5.41, 5.74) is 10.8. The Labute approximate surface area is 116 Å². The maximum atomic E-state index is 6.65. The fraction of sp³-hybridized carbons (Fsp3) is 0.647. The highest BCUT2D eigenvalue weighted by molar-refractivity contribution is 5.47. The van der Waals surface area contributed by atoms with Gasteiger partial charge < -0.3 is 10.5 Å². The Balaban J connectivity index is 2.05. The molecule has 104 valence electrons. The molecule has 0 atom stereocenters. The van der Waals surface area contributed by atoms with Crippen molar-refractivity contribution < 1.29 is 4.74 Å². The number of aryl methyl sites for hydroxylation is 2. The van der Waals surface area contributed by atoms with E-state index in [4.69, 9.17) is 10.5 Å². The van der Waals surface area contributed by atoms with Crippen molar-refractivity contribution in [2.75, 3.05) is 7.11 Å². The standard InChI is InChI=1S/C17H25NO/c1-19-16-12-14-8-4-2-3-7-13(14)11-15(16)17(18)9-5-6-10-17/h11-12H,2-10,18H2,1H3. The van der Waals surface area contributed by atoms with Crippen LogP contribution in [0, 0.1) is 0 Å². The molecule has 0 aliphatic heterocycles. The summed E-state index contributed by atoms with van der Waals surface area (Å²) in [5, 5.41) is 0. The molecule has 0 bridgehead atoms. The summed E-state index contributed by atoms with van der Waals surface area (Å²) in [6.45, 7) is 0. The number of hydrogen-bond donors (Lipinski definition) is 1. The van der Waals surface area contributed by atoms with Gasteiger partial charge in [-0.2, -0.15) is 0 Å². The summed E-state index contributed by atoms with van der Waals surface area (Å²) in [6, 6.07) is 4.63. The zero-order valence-electron chi connectivity index (χ0n) is 12.0. The first-order chi connectivity index (χ1) is 9.23. The van der Waals surface area contributed by atoms with Crippen LogP contribution in [-0.2, 0) is 18.4 Å². The smallest absolute Gasteiger partial charge is 0.124 e. The van der Waals surface area contributed by atoms with Crippen LogP contribution in [0.4, 0.5) is 0 Å². The average Bonchev–Trinajstić information content (AvgIpc) is 2.74. The van der Waals surface area contributed by atoms with Crippen molar-refractivity contribution >= 4 is 0 Å². The van der Waals surface area contributed by atoms with Crippen LogP contribution in [0.5, 0.6) is 5.75 Å². The van der Waals surface area contributed by atoms with Crippen molar-refractivity contribution in [3.05, 3.63) is 28.8 Å². The summed E-state index contributed by atoms with van der Waals surface area (Å²) in [7, 11) is 1.78. The Hall–Kier alpha value is -1.02. The minimum atomic E-state index is -0.146. The molecule has 1 aromatic rings. The lowest BCUT2D eigenvalue weighted by atomic mass is 9.85. The second-order valence-corrected chi connectivity index (χ2v) is 6.25. The van der Waals surface area contributed by atoms with Gasteiger partial charge in [-0.15, -0.1) is 0 Å². The summed E-state index contributed by atoms with van der Waals surface area (Å²) in [4.78, 5) is 0. The molecule has 1 saturated carbocycles. The fourth-order valence-electron chi connectivity index (χ4n) is 3.77. The van der Waals surface area contributed by atoms with Gasteiger partial charge in [-0.05, 0) is 61.8 Å². The van der Waals surface area contributed by atoms with Crippen molar-refractivity contribution in [3.8, 4) is 5.75 Å². The SMILES string of the molecule is COc1cc2c(cc1C1(N)CCCC1)CCCCC2. The highest BCUT2D eigenvalue weighted by Gasteiger charge is 2.34. The number of fused-ring (bicyclic) bond motifs is 1. The predicted octanol–water partition coefficient (Wildman–Crippen LogP) is 3.69. The second kappa shape index (κ2) is 5.16. The molecule has 0 heterocycles.